The van der Waals surface area contributed by atoms with E-state index in [4.69, 9.17) is 9.47 Å². The standard InChI is InChI=1S/C11H17NO4/c1-6(13)12-7-4-5-8(14)10-9(7)15-11(2,3)16-10/h4-5,7-10,14H,1-3H3,(H,12,13)/t7-,8-,9-,10-/m0/s1. The van der Waals surface area contributed by atoms with Crippen LogP contribution in [0.25, 0.3) is 0 Å². The molecule has 1 heterocycles. The Balaban J connectivity index is 2.17. The Morgan fingerprint density at radius 2 is 1.94 bits per heavy atom. The van der Waals surface area contributed by atoms with E-state index in [0.29, 0.717) is 0 Å². The predicted octanol–water partition coefficient (Wildman–Crippen LogP) is -0.0581. The predicted molar refractivity (Wildman–Crippen MR) is 56.6 cm³/mol. The van der Waals surface area contributed by atoms with E-state index in [1.807, 2.05) is 0 Å². The van der Waals surface area contributed by atoms with E-state index in [2.05, 4.69) is 5.32 Å². The zero-order chi connectivity index (χ0) is 11.9. The highest BCUT2D eigenvalue weighted by atomic mass is 16.8. The summed E-state index contributed by atoms with van der Waals surface area (Å²) in [6.07, 6.45) is 1.94. The molecule has 0 bridgehead atoms. The molecule has 1 amide bonds. The number of ether oxygens (including phenoxy) is 2. The molecule has 2 rings (SSSR count). The zero-order valence-electron chi connectivity index (χ0n) is 9.64. The Bertz CT molecular complexity index is 326. The van der Waals surface area contributed by atoms with Gasteiger partial charge >= 0.3 is 0 Å². The summed E-state index contributed by atoms with van der Waals surface area (Å²) < 4.78 is 11.3. The lowest BCUT2D eigenvalue weighted by atomic mass is 9.94. The molecule has 1 aliphatic heterocycles. The summed E-state index contributed by atoms with van der Waals surface area (Å²) in [5.41, 5.74) is 0. The Morgan fingerprint density at radius 3 is 2.56 bits per heavy atom. The molecule has 5 nitrogen and oxygen atoms in total. The van der Waals surface area contributed by atoms with E-state index < -0.39 is 18.0 Å². The molecule has 1 aliphatic carbocycles. The third kappa shape index (κ3) is 2.11. The van der Waals surface area contributed by atoms with Crippen LogP contribution in [-0.4, -0.2) is 41.2 Å². The minimum Gasteiger partial charge on any atom is -0.386 e. The summed E-state index contributed by atoms with van der Waals surface area (Å²) in [5.74, 6) is -0.850. The molecule has 0 saturated carbocycles. The molecule has 16 heavy (non-hydrogen) atoms. The number of fused-ring (bicyclic) bond motifs is 1. The maximum atomic E-state index is 11.0. The number of hydrogen-bond acceptors (Lipinski definition) is 4. The second-order valence-electron chi connectivity index (χ2n) is 4.67. The van der Waals surface area contributed by atoms with Gasteiger partial charge in [0.05, 0.1) is 6.04 Å². The number of aliphatic hydroxyl groups excluding tert-OH is 1. The topological polar surface area (TPSA) is 67.8 Å². The van der Waals surface area contributed by atoms with Crippen LogP contribution in [0.15, 0.2) is 12.2 Å². The van der Waals surface area contributed by atoms with Crippen molar-refractivity contribution in [1.29, 1.82) is 0 Å². The number of amides is 1. The Morgan fingerprint density at radius 1 is 1.31 bits per heavy atom. The average Bonchev–Trinajstić information content (AvgIpc) is 2.47. The molecule has 5 heteroatoms. The first-order valence-corrected chi connectivity index (χ1v) is 5.38. The number of aliphatic hydroxyl groups is 1. The number of hydrogen-bond donors (Lipinski definition) is 2. The first-order valence-electron chi connectivity index (χ1n) is 5.38. The van der Waals surface area contributed by atoms with Gasteiger partial charge in [-0.2, -0.15) is 0 Å². The van der Waals surface area contributed by atoms with Crippen LogP contribution in [-0.2, 0) is 14.3 Å². The first kappa shape index (κ1) is 11.6. The molecule has 4 atom stereocenters. The zero-order valence-corrected chi connectivity index (χ0v) is 9.64. The molecule has 0 unspecified atom stereocenters. The fraction of sp³-hybridized carbons (Fsp3) is 0.727. The van der Waals surface area contributed by atoms with Crippen LogP contribution in [0.1, 0.15) is 20.8 Å². The van der Waals surface area contributed by atoms with E-state index in [1.54, 1.807) is 26.0 Å². The summed E-state index contributed by atoms with van der Waals surface area (Å²) in [6, 6.07) is -0.243. The van der Waals surface area contributed by atoms with Crippen LogP contribution in [0.4, 0.5) is 0 Å². The molecule has 1 saturated heterocycles. The SMILES string of the molecule is CC(=O)N[C@H]1C=C[C@H](O)[C@@H]2OC(C)(C)O[C@H]21. The minimum absolute atomic E-state index is 0.127. The quantitative estimate of drug-likeness (QED) is 0.616. The fourth-order valence-corrected chi connectivity index (χ4v) is 2.18. The van der Waals surface area contributed by atoms with E-state index in [-0.39, 0.29) is 18.1 Å². The van der Waals surface area contributed by atoms with Gasteiger partial charge in [0.1, 0.15) is 18.3 Å². The number of nitrogens with one attached hydrogen (secondary N) is 1. The summed E-state index contributed by atoms with van der Waals surface area (Å²) in [6.45, 7) is 5.04. The van der Waals surface area contributed by atoms with E-state index in [0.717, 1.165) is 0 Å². The molecule has 0 aromatic carbocycles. The second-order valence-corrected chi connectivity index (χ2v) is 4.67. The Kier molecular flexibility index (Phi) is 2.77. The molecule has 0 radical (unpaired) electrons. The molecular weight excluding hydrogens is 210 g/mol. The van der Waals surface area contributed by atoms with Gasteiger partial charge < -0.3 is 19.9 Å². The van der Waals surface area contributed by atoms with Crippen molar-refractivity contribution >= 4 is 5.91 Å². The number of carbonyl (C=O) groups is 1. The van der Waals surface area contributed by atoms with Crippen molar-refractivity contribution in [3.63, 3.8) is 0 Å². The van der Waals surface area contributed by atoms with Gasteiger partial charge in [-0.1, -0.05) is 12.2 Å². The highest BCUT2D eigenvalue weighted by molar-refractivity contribution is 5.73. The fourth-order valence-electron chi connectivity index (χ4n) is 2.18. The normalized spacial score (nSPS) is 40.5. The number of carbonyl (C=O) groups excluding carboxylic acids is 1. The van der Waals surface area contributed by atoms with E-state index in [1.165, 1.54) is 6.92 Å². The van der Waals surface area contributed by atoms with Gasteiger partial charge in [-0.15, -0.1) is 0 Å². The van der Waals surface area contributed by atoms with Crippen molar-refractivity contribution in [2.24, 2.45) is 0 Å². The molecule has 2 aliphatic rings. The highest BCUT2D eigenvalue weighted by Gasteiger charge is 2.49. The average molecular weight is 227 g/mol. The van der Waals surface area contributed by atoms with Gasteiger partial charge in [0.25, 0.3) is 0 Å². The second kappa shape index (κ2) is 3.84. The highest BCUT2D eigenvalue weighted by Crippen LogP contribution is 2.34. The third-order valence-corrected chi connectivity index (χ3v) is 2.74. The van der Waals surface area contributed by atoms with Crippen molar-refractivity contribution in [1.82, 2.24) is 5.32 Å². The van der Waals surface area contributed by atoms with Crippen molar-refractivity contribution < 1.29 is 19.4 Å². The van der Waals surface area contributed by atoms with E-state index >= 15 is 0 Å². The van der Waals surface area contributed by atoms with Gasteiger partial charge in [-0.25, -0.2) is 0 Å². The molecule has 0 spiro atoms. The first-order chi connectivity index (χ1) is 7.39. The minimum atomic E-state index is -0.723. The summed E-state index contributed by atoms with van der Waals surface area (Å²) in [5, 5.41) is 12.5. The smallest absolute Gasteiger partial charge is 0.217 e. The van der Waals surface area contributed by atoms with Gasteiger partial charge in [0, 0.05) is 6.92 Å². The number of rotatable bonds is 1. The molecule has 90 valence electrons. The van der Waals surface area contributed by atoms with Crippen LogP contribution >= 0.6 is 0 Å². The summed E-state index contributed by atoms with van der Waals surface area (Å²) in [4.78, 5) is 11.0. The summed E-state index contributed by atoms with van der Waals surface area (Å²) >= 11 is 0. The van der Waals surface area contributed by atoms with Crippen LogP contribution < -0.4 is 5.32 Å². The summed E-state index contributed by atoms with van der Waals surface area (Å²) in [7, 11) is 0. The molecule has 0 aromatic heterocycles. The van der Waals surface area contributed by atoms with Gasteiger partial charge in [-0.3, -0.25) is 4.79 Å². The Hall–Kier alpha value is -0.910. The van der Waals surface area contributed by atoms with Gasteiger partial charge in [-0.05, 0) is 13.8 Å². The van der Waals surface area contributed by atoms with Crippen molar-refractivity contribution in [2.45, 2.75) is 50.9 Å². The van der Waals surface area contributed by atoms with Crippen molar-refractivity contribution in [3.05, 3.63) is 12.2 Å². The lowest BCUT2D eigenvalue weighted by Crippen LogP contribution is -2.51. The van der Waals surface area contributed by atoms with E-state index in [9.17, 15) is 9.90 Å². The van der Waals surface area contributed by atoms with Gasteiger partial charge in [0.2, 0.25) is 5.91 Å². The molecular formula is C11H17NO4. The Labute approximate surface area is 94.4 Å². The van der Waals surface area contributed by atoms with Crippen LogP contribution in [0, 0.1) is 0 Å². The molecule has 2 N–H and O–H groups in total. The van der Waals surface area contributed by atoms with Crippen LogP contribution in [0.5, 0.6) is 0 Å². The van der Waals surface area contributed by atoms with Crippen LogP contribution in [0.2, 0.25) is 0 Å². The third-order valence-electron chi connectivity index (χ3n) is 2.74. The molecule has 1 fully saturated rings. The largest absolute Gasteiger partial charge is 0.386 e. The van der Waals surface area contributed by atoms with Crippen molar-refractivity contribution in [3.8, 4) is 0 Å². The van der Waals surface area contributed by atoms with Crippen molar-refractivity contribution in [2.75, 3.05) is 0 Å². The van der Waals surface area contributed by atoms with Crippen LogP contribution in [0.3, 0.4) is 0 Å². The lowest BCUT2D eigenvalue weighted by Gasteiger charge is -2.30. The monoisotopic (exact) mass is 227 g/mol. The van der Waals surface area contributed by atoms with Gasteiger partial charge in [0.15, 0.2) is 5.79 Å². The maximum Gasteiger partial charge on any atom is 0.217 e. The molecule has 0 aromatic rings. The maximum absolute atomic E-state index is 11.0. The lowest BCUT2D eigenvalue weighted by molar-refractivity contribution is -0.153.